The number of hydrogen-bond acceptors (Lipinski definition) is 2. The Labute approximate surface area is 79.1 Å². The fourth-order valence-corrected chi connectivity index (χ4v) is 2.16. The highest BCUT2D eigenvalue weighted by atomic mass is 15.3. The fraction of sp³-hybridized carbons (Fsp3) is 0.700. The predicted molar refractivity (Wildman–Crippen MR) is 52.6 cm³/mol. The van der Waals surface area contributed by atoms with Crippen molar-refractivity contribution < 1.29 is 0 Å². The van der Waals surface area contributed by atoms with Gasteiger partial charge in [0.2, 0.25) is 0 Å². The number of aryl methyl sites for hydroxylation is 1. The maximum Gasteiger partial charge on any atom is 0.0674 e. The lowest BCUT2D eigenvalue weighted by Crippen LogP contribution is -2.37. The zero-order valence-electron chi connectivity index (χ0n) is 8.54. The van der Waals surface area contributed by atoms with Crippen LogP contribution in [0.3, 0.4) is 0 Å². The molecule has 3 nitrogen and oxygen atoms in total. The summed E-state index contributed by atoms with van der Waals surface area (Å²) < 4.78 is 1.88. The Morgan fingerprint density at radius 1 is 1.62 bits per heavy atom. The van der Waals surface area contributed by atoms with Crippen LogP contribution < -0.4 is 5.32 Å². The Bertz CT molecular complexity index is 301. The van der Waals surface area contributed by atoms with E-state index in [-0.39, 0.29) is 5.54 Å². The summed E-state index contributed by atoms with van der Waals surface area (Å²) in [5.74, 6) is 0.564. The number of rotatable bonds is 1. The van der Waals surface area contributed by atoms with Crippen LogP contribution in [0.25, 0.3) is 0 Å². The van der Waals surface area contributed by atoms with Gasteiger partial charge in [-0.05, 0) is 32.9 Å². The monoisotopic (exact) mass is 179 g/mol. The summed E-state index contributed by atoms with van der Waals surface area (Å²) >= 11 is 0. The molecule has 1 atom stereocenters. The highest BCUT2D eigenvalue weighted by molar-refractivity contribution is 5.16. The minimum Gasteiger partial charge on any atom is -0.311 e. The first-order chi connectivity index (χ1) is 6.09. The molecule has 1 aromatic rings. The Morgan fingerprint density at radius 3 is 2.85 bits per heavy atom. The van der Waals surface area contributed by atoms with Crippen molar-refractivity contribution in [2.75, 3.05) is 6.54 Å². The fourth-order valence-electron chi connectivity index (χ4n) is 2.16. The van der Waals surface area contributed by atoms with E-state index in [0.717, 1.165) is 6.54 Å². The van der Waals surface area contributed by atoms with E-state index in [2.05, 4.69) is 30.3 Å². The maximum atomic E-state index is 4.46. The van der Waals surface area contributed by atoms with Crippen molar-refractivity contribution in [2.45, 2.75) is 31.7 Å². The molecule has 13 heavy (non-hydrogen) atoms. The average molecular weight is 179 g/mol. The predicted octanol–water partition coefficient (Wildman–Crippen LogP) is 1.28. The van der Waals surface area contributed by atoms with Crippen LogP contribution in [0.2, 0.25) is 0 Å². The highest BCUT2D eigenvalue weighted by Gasteiger charge is 2.36. The van der Waals surface area contributed by atoms with Crippen LogP contribution in [0.5, 0.6) is 0 Å². The Balaban J connectivity index is 2.26. The number of hydrogen-bond donors (Lipinski definition) is 1. The van der Waals surface area contributed by atoms with Gasteiger partial charge in [0.05, 0.1) is 5.69 Å². The lowest BCUT2D eigenvalue weighted by atomic mass is 9.87. The smallest absolute Gasteiger partial charge is 0.0674 e. The van der Waals surface area contributed by atoms with E-state index in [1.54, 1.807) is 0 Å². The summed E-state index contributed by atoms with van der Waals surface area (Å²) in [6.45, 7) is 5.60. The Hall–Kier alpha value is -0.830. The zero-order chi connectivity index (χ0) is 9.47. The number of nitrogens with one attached hydrogen (secondary N) is 1. The van der Waals surface area contributed by atoms with E-state index in [9.17, 15) is 0 Å². The van der Waals surface area contributed by atoms with Crippen LogP contribution in [-0.2, 0) is 7.05 Å². The average Bonchev–Trinajstić information content (AvgIpc) is 2.56. The molecule has 1 N–H and O–H groups in total. The summed E-state index contributed by atoms with van der Waals surface area (Å²) in [6, 6.07) is 2.12. The van der Waals surface area contributed by atoms with Gasteiger partial charge in [-0.15, -0.1) is 0 Å². The van der Waals surface area contributed by atoms with Crippen LogP contribution in [0.1, 0.15) is 31.9 Å². The van der Waals surface area contributed by atoms with E-state index in [1.165, 1.54) is 12.1 Å². The summed E-state index contributed by atoms with van der Waals surface area (Å²) in [6.07, 6.45) is 3.22. The third-order valence-electron chi connectivity index (χ3n) is 2.98. The van der Waals surface area contributed by atoms with Crippen molar-refractivity contribution in [1.29, 1.82) is 0 Å². The molecule has 1 aliphatic heterocycles. The quantitative estimate of drug-likeness (QED) is 0.703. The first kappa shape index (κ1) is 8.75. The minimum atomic E-state index is 0.203. The van der Waals surface area contributed by atoms with Crippen molar-refractivity contribution >= 4 is 0 Å². The van der Waals surface area contributed by atoms with Crippen molar-refractivity contribution in [3.05, 3.63) is 18.0 Å². The van der Waals surface area contributed by atoms with Gasteiger partial charge >= 0.3 is 0 Å². The van der Waals surface area contributed by atoms with Gasteiger partial charge in [-0.2, -0.15) is 5.10 Å². The molecule has 1 aromatic heterocycles. The SMILES string of the molecule is Cn1ccc(C2CCNC2(C)C)n1. The second-order valence-corrected chi connectivity index (χ2v) is 4.40. The molecule has 0 aromatic carbocycles. The van der Waals surface area contributed by atoms with Gasteiger partial charge in [0.1, 0.15) is 0 Å². The molecule has 1 aliphatic rings. The van der Waals surface area contributed by atoms with E-state index in [4.69, 9.17) is 0 Å². The third-order valence-corrected chi connectivity index (χ3v) is 2.98. The van der Waals surface area contributed by atoms with Gasteiger partial charge in [-0.25, -0.2) is 0 Å². The van der Waals surface area contributed by atoms with Gasteiger partial charge < -0.3 is 5.32 Å². The Morgan fingerprint density at radius 2 is 2.38 bits per heavy atom. The van der Waals surface area contributed by atoms with E-state index >= 15 is 0 Å². The summed E-state index contributed by atoms with van der Waals surface area (Å²) in [7, 11) is 1.97. The molecule has 1 fully saturated rings. The molecular formula is C10H17N3. The molecule has 2 heterocycles. The van der Waals surface area contributed by atoms with E-state index in [1.807, 2.05) is 17.9 Å². The van der Waals surface area contributed by atoms with Gasteiger partial charge in [0, 0.05) is 24.7 Å². The minimum absolute atomic E-state index is 0.203. The van der Waals surface area contributed by atoms with Crippen molar-refractivity contribution in [3.8, 4) is 0 Å². The lowest BCUT2D eigenvalue weighted by molar-refractivity contribution is 0.403. The highest BCUT2D eigenvalue weighted by Crippen LogP contribution is 2.33. The first-order valence-corrected chi connectivity index (χ1v) is 4.84. The molecule has 0 aliphatic carbocycles. The van der Waals surface area contributed by atoms with Gasteiger partial charge in [-0.3, -0.25) is 4.68 Å². The van der Waals surface area contributed by atoms with Gasteiger partial charge in [0.25, 0.3) is 0 Å². The molecule has 0 radical (unpaired) electrons. The molecule has 1 unspecified atom stereocenters. The molecule has 1 saturated heterocycles. The number of aromatic nitrogens is 2. The van der Waals surface area contributed by atoms with Gasteiger partial charge in [0.15, 0.2) is 0 Å². The van der Waals surface area contributed by atoms with E-state index in [0.29, 0.717) is 5.92 Å². The molecule has 72 valence electrons. The largest absolute Gasteiger partial charge is 0.311 e. The molecule has 0 saturated carbocycles. The normalized spacial score (nSPS) is 26.5. The van der Waals surface area contributed by atoms with Crippen LogP contribution in [-0.4, -0.2) is 21.9 Å². The molecule has 2 rings (SSSR count). The second kappa shape index (κ2) is 2.84. The first-order valence-electron chi connectivity index (χ1n) is 4.84. The van der Waals surface area contributed by atoms with Crippen LogP contribution in [0, 0.1) is 0 Å². The number of nitrogens with zero attached hydrogens (tertiary/aromatic N) is 2. The van der Waals surface area contributed by atoms with Crippen LogP contribution in [0.15, 0.2) is 12.3 Å². The summed E-state index contributed by atoms with van der Waals surface area (Å²) in [5.41, 5.74) is 1.42. The summed E-state index contributed by atoms with van der Waals surface area (Å²) in [5, 5.41) is 7.97. The lowest BCUT2D eigenvalue weighted by Gasteiger charge is -2.25. The molecule has 3 heteroatoms. The van der Waals surface area contributed by atoms with Crippen molar-refractivity contribution in [2.24, 2.45) is 7.05 Å². The zero-order valence-corrected chi connectivity index (χ0v) is 8.54. The van der Waals surface area contributed by atoms with E-state index < -0.39 is 0 Å². The van der Waals surface area contributed by atoms with Crippen LogP contribution >= 0.6 is 0 Å². The summed E-state index contributed by atoms with van der Waals surface area (Å²) in [4.78, 5) is 0. The van der Waals surface area contributed by atoms with Gasteiger partial charge in [-0.1, -0.05) is 0 Å². The second-order valence-electron chi connectivity index (χ2n) is 4.40. The maximum absolute atomic E-state index is 4.46. The van der Waals surface area contributed by atoms with Crippen molar-refractivity contribution in [3.63, 3.8) is 0 Å². The third kappa shape index (κ3) is 1.48. The topological polar surface area (TPSA) is 29.9 Å². The Kier molecular flexibility index (Phi) is 1.91. The molecule has 0 amide bonds. The molecule has 0 spiro atoms. The van der Waals surface area contributed by atoms with Crippen molar-refractivity contribution in [1.82, 2.24) is 15.1 Å². The standard InChI is InChI=1S/C10H17N3/c1-10(2)8(4-6-11-10)9-5-7-13(3)12-9/h5,7-8,11H,4,6H2,1-3H3. The molecular weight excluding hydrogens is 162 g/mol. The molecule has 0 bridgehead atoms. The van der Waals surface area contributed by atoms with Crippen LogP contribution in [0.4, 0.5) is 0 Å².